The fourth-order valence-corrected chi connectivity index (χ4v) is 2.13. The molecule has 94 valence electrons. The largest absolute Gasteiger partial charge is 0.858 e. The van der Waals surface area contributed by atoms with Crippen LogP contribution in [0.25, 0.3) is 16.8 Å². The molecule has 0 spiro atoms. The van der Waals surface area contributed by atoms with Crippen molar-refractivity contribution in [1.29, 1.82) is 0 Å². The van der Waals surface area contributed by atoms with Crippen molar-refractivity contribution >= 4 is 5.65 Å². The molecular formula is C15H11N2O2-. The number of hydrogen-bond acceptors (Lipinski definition) is 3. The number of benzene rings is 1. The van der Waals surface area contributed by atoms with Crippen molar-refractivity contribution in [3.05, 3.63) is 64.6 Å². The smallest absolute Gasteiger partial charge is 0.265 e. The summed E-state index contributed by atoms with van der Waals surface area (Å²) in [5, 5.41) is 12.1. The molecule has 0 amide bonds. The molecule has 2 aromatic heterocycles. The summed E-state index contributed by atoms with van der Waals surface area (Å²) in [5.74, 6) is -0.481. The minimum absolute atomic E-state index is 0.115. The van der Waals surface area contributed by atoms with Crippen LogP contribution in [0.15, 0.2) is 53.5 Å². The summed E-state index contributed by atoms with van der Waals surface area (Å²) in [6, 6.07) is 12.5. The SMILES string of the molecule is Cc1cccn2c(=O)c(-c3ccccc3)c([O-])nc12. The maximum atomic E-state index is 12.4. The average molecular weight is 251 g/mol. The van der Waals surface area contributed by atoms with Gasteiger partial charge >= 0.3 is 0 Å². The van der Waals surface area contributed by atoms with Crippen LogP contribution in [0.5, 0.6) is 5.88 Å². The normalized spacial score (nSPS) is 10.8. The molecule has 0 aliphatic carbocycles. The Morgan fingerprint density at radius 1 is 1.11 bits per heavy atom. The summed E-state index contributed by atoms with van der Waals surface area (Å²) in [4.78, 5) is 16.4. The summed E-state index contributed by atoms with van der Waals surface area (Å²) < 4.78 is 1.42. The van der Waals surface area contributed by atoms with Gasteiger partial charge in [0.2, 0.25) is 0 Å². The molecule has 4 nitrogen and oxygen atoms in total. The van der Waals surface area contributed by atoms with Gasteiger partial charge in [-0.05, 0) is 24.1 Å². The number of aromatic nitrogens is 2. The zero-order valence-corrected chi connectivity index (χ0v) is 10.3. The van der Waals surface area contributed by atoms with E-state index in [0.29, 0.717) is 11.2 Å². The highest BCUT2D eigenvalue weighted by molar-refractivity contribution is 5.69. The van der Waals surface area contributed by atoms with Crippen LogP contribution >= 0.6 is 0 Å². The highest BCUT2D eigenvalue weighted by Gasteiger charge is 2.09. The van der Waals surface area contributed by atoms with Crippen LogP contribution in [-0.2, 0) is 0 Å². The first-order valence-corrected chi connectivity index (χ1v) is 5.93. The second kappa shape index (κ2) is 4.24. The Kier molecular flexibility index (Phi) is 2.56. The van der Waals surface area contributed by atoms with Crippen molar-refractivity contribution in [2.75, 3.05) is 0 Å². The van der Waals surface area contributed by atoms with Crippen LogP contribution in [0.4, 0.5) is 0 Å². The minimum atomic E-state index is -0.481. The summed E-state index contributed by atoms with van der Waals surface area (Å²) in [6.45, 7) is 1.82. The Labute approximate surface area is 109 Å². The zero-order chi connectivity index (χ0) is 13.4. The first-order valence-electron chi connectivity index (χ1n) is 5.93. The summed E-state index contributed by atoms with van der Waals surface area (Å²) in [5.41, 5.74) is 1.60. The molecule has 0 radical (unpaired) electrons. The van der Waals surface area contributed by atoms with Gasteiger partial charge in [0.1, 0.15) is 5.65 Å². The van der Waals surface area contributed by atoms with Gasteiger partial charge in [0.25, 0.3) is 5.56 Å². The molecule has 0 unspecified atom stereocenters. The van der Waals surface area contributed by atoms with Gasteiger partial charge in [-0.3, -0.25) is 9.20 Å². The van der Waals surface area contributed by atoms with E-state index >= 15 is 0 Å². The molecule has 0 fully saturated rings. The predicted octanol–water partition coefficient (Wildman–Crippen LogP) is 1.74. The number of hydrogen-bond donors (Lipinski definition) is 0. The molecule has 2 heterocycles. The third-order valence-corrected chi connectivity index (χ3v) is 3.08. The van der Waals surface area contributed by atoms with Gasteiger partial charge in [-0.25, -0.2) is 4.98 Å². The number of fused-ring (bicyclic) bond motifs is 1. The molecular weight excluding hydrogens is 240 g/mol. The van der Waals surface area contributed by atoms with Crippen molar-refractivity contribution in [3.8, 4) is 17.0 Å². The second-order valence-corrected chi connectivity index (χ2v) is 4.35. The fourth-order valence-electron chi connectivity index (χ4n) is 2.13. The molecule has 3 aromatic rings. The lowest BCUT2D eigenvalue weighted by Crippen LogP contribution is -2.20. The number of nitrogens with zero attached hydrogens (tertiary/aromatic N) is 2. The van der Waals surface area contributed by atoms with Gasteiger partial charge < -0.3 is 5.11 Å². The van der Waals surface area contributed by atoms with E-state index in [2.05, 4.69) is 4.98 Å². The van der Waals surface area contributed by atoms with E-state index in [4.69, 9.17) is 0 Å². The van der Waals surface area contributed by atoms with Crippen molar-refractivity contribution in [2.45, 2.75) is 6.92 Å². The van der Waals surface area contributed by atoms with Crippen molar-refractivity contribution < 1.29 is 5.11 Å². The lowest BCUT2D eigenvalue weighted by molar-refractivity contribution is -0.273. The first kappa shape index (κ1) is 11.5. The highest BCUT2D eigenvalue weighted by Crippen LogP contribution is 2.22. The number of aryl methyl sites for hydroxylation is 1. The van der Waals surface area contributed by atoms with Gasteiger partial charge in [-0.1, -0.05) is 36.4 Å². The van der Waals surface area contributed by atoms with Crippen LogP contribution in [0.3, 0.4) is 0 Å². The van der Waals surface area contributed by atoms with Crippen molar-refractivity contribution in [1.82, 2.24) is 9.38 Å². The number of pyridine rings is 1. The quantitative estimate of drug-likeness (QED) is 0.662. The molecule has 0 saturated carbocycles. The Balaban J connectivity index is 2.43. The monoisotopic (exact) mass is 251 g/mol. The molecule has 0 bridgehead atoms. The maximum absolute atomic E-state index is 12.4. The van der Waals surface area contributed by atoms with Gasteiger partial charge in [-0.15, -0.1) is 0 Å². The van der Waals surface area contributed by atoms with E-state index in [9.17, 15) is 9.90 Å². The minimum Gasteiger partial charge on any atom is -0.858 e. The van der Waals surface area contributed by atoms with Crippen LogP contribution in [0, 0.1) is 6.92 Å². The molecule has 0 aliphatic heterocycles. The Hall–Kier alpha value is -2.62. The summed E-state index contributed by atoms with van der Waals surface area (Å²) in [6.07, 6.45) is 1.63. The zero-order valence-electron chi connectivity index (χ0n) is 10.3. The average Bonchev–Trinajstić information content (AvgIpc) is 2.41. The molecule has 0 N–H and O–H groups in total. The molecule has 0 aliphatic rings. The molecule has 0 saturated heterocycles. The summed E-state index contributed by atoms with van der Waals surface area (Å²) in [7, 11) is 0. The van der Waals surface area contributed by atoms with Gasteiger partial charge in [0.15, 0.2) is 0 Å². The van der Waals surface area contributed by atoms with Gasteiger partial charge in [-0.2, -0.15) is 0 Å². The van der Waals surface area contributed by atoms with E-state index in [0.717, 1.165) is 5.56 Å². The third-order valence-electron chi connectivity index (χ3n) is 3.08. The Morgan fingerprint density at radius 2 is 1.84 bits per heavy atom. The molecule has 4 heteroatoms. The van der Waals surface area contributed by atoms with Crippen LogP contribution in [0.2, 0.25) is 0 Å². The van der Waals surface area contributed by atoms with E-state index in [1.165, 1.54) is 4.40 Å². The van der Waals surface area contributed by atoms with Crippen LogP contribution in [0.1, 0.15) is 5.56 Å². The van der Waals surface area contributed by atoms with E-state index in [1.807, 2.05) is 19.1 Å². The molecule has 3 rings (SSSR count). The van der Waals surface area contributed by atoms with Crippen molar-refractivity contribution in [2.24, 2.45) is 0 Å². The first-order chi connectivity index (χ1) is 9.18. The standard InChI is InChI=1S/C15H12N2O2/c1-10-6-5-9-17-13(10)16-14(18)12(15(17)19)11-7-3-2-4-8-11/h2-9,18H,1H3/p-1. The van der Waals surface area contributed by atoms with Gasteiger partial charge in [0, 0.05) is 12.1 Å². The third kappa shape index (κ3) is 1.78. The van der Waals surface area contributed by atoms with Crippen LogP contribution < -0.4 is 10.7 Å². The molecule has 0 atom stereocenters. The maximum Gasteiger partial charge on any atom is 0.265 e. The second-order valence-electron chi connectivity index (χ2n) is 4.35. The number of rotatable bonds is 1. The lowest BCUT2D eigenvalue weighted by atomic mass is 10.1. The summed E-state index contributed by atoms with van der Waals surface area (Å²) >= 11 is 0. The van der Waals surface area contributed by atoms with Crippen molar-refractivity contribution in [3.63, 3.8) is 0 Å². The Bertz CT molecular complexity index is 807. The topological polar surface area (TPSA) is 57.4 Å². The predicted molar refractivity (Wildman–Crippen MR) is 71.1 cm³/mol. The molecule has 1 aromatic carbocycles. The van der Waals surface area contributed by atoms with E-state index < -0.39 is 5.88 Å². The Morgan fingerprint density at radius 3 is 2.58 bits per heavy atom. The molecule has 19 heavy (non-hydrogen) atoms. The van der Waals surface area contributed by atoms with Gasteiger partial charge in [0.05, 0.1) is 5.56 Å². The van der Waals surface area contributed by atoms with E-state index in [-0.39, 0.29) is 11.1 Å². The lowest BCUT2D eigenvalue weighted by Gasteiger charge is -2.14. The fraction of sp³-hybridized carbons (Fsp3) is 0.0667. The van der Waals surface area contributed by atoms with Crippen LogP contribution in [-0.4, -0.2) is 9.38 Å². The van der Waals surface area contributed by atoms with E-state index in [1.54, 1.807) is 36.5 Å². The highest BCUT2D eigenvalue weighted by atomic mass is 16.3.